The van der Waals surface area contributed by atoms with Crippen LogP contribution in [0.5, 0.6) is 0 Å². The Morgan fingerprint density at radius 1 is 1.28 bits per heavy atom. The van der Waals surface area contributed by atoms with Gasteiger partial charge in [-0.25, -0.2) is 0 Å². The lowest BCUT2D eigenvalue weighted by Gasteiger charge is -2.45. The van der Waals surface area contributed by atoms with Gasteiger partial charge in [0.15, 0.2) is 0 Å². The van der Waals surface area contributed by atoms with E-state index in [-0.39, 0.29) is 29.8 Å². The number of hydrogen-bond donors (Lipinski definition) is 0. The van der Waals surface area contributed by atoms with Gasteiger partial charge in [-0.15, -0.1) is 6.42 Å². The van der Waals surface area contributed by atoms with Gasteiger partial charge in [0.25, 0.3) is 0 Å². The van der Waals surface area contributed by atoms with E-state index in [2.05, 4.69) is 5.92 Å². The second-order valence-electron chi connectivity index (χ2n) is 5.47. The van der Waals surface area contributed by atoms with Gasteiger partial charge in [-0.05, 0) is 25.7 Å². The van der Waals surface area contributed by atoms with E-state index in [9.17, 15) is 9.59 Å². The molecule has 0 aliphatic carbocycles. The number of amides is 2. The van der Waals surface area contributed by atoms with Crippen LogP contribution in [0.15, 0.2) is 0 Å². The predicted molar refractivity (Wildman–Crippen MR) is 68.5 cm³/mol. The molecule has 0 bridgehead atoms. The van der Waals surface area contributed by atoms with Crippen LogP contribution in [0.25, 0.3) is 0 Å². The van der Waals surface area contributed by atoms with E-state index in [0.29, 0.717) is 6.54 Å². The maximum Gasteiger partial charge on any atom is 0.247 e. The Hall–Kier alpha value is -1.50. The first-order chi connectivity index (χ1) is 8.49. The first kappa shape index (κ1) is 12.9. The van der Waals surface area contributed by atoms with Crippen molar-refractivity contribution >= 4 is 11.8 Å². The van der Waals surface area contributed by atoms with E-state index in [4.69, 9.17) is 6.42 Å². The molecule has 0 aromatic rings. The highest BCUT2D eigenvalue weighted by Gasteiger charge is 2.49. The molecule has 2 heterocycles. The van der Waals surface area contributed by atoms with Gasteiger partial charge in [-0.1, -0.05) is 19.8 Å². The summed E-state index contributed by atoms with van der Waals surface area (Å²) < 4.78 is 0. The number of carbonyl (C=O) groups excluding carboxylic acids is 2. The van der Waals surface area contributed by atoms with Gasteiger partial charge < -0.3 is 9.80 Å². The number of rotatable bonds is 2. The molecule has 0 spiro atoms. The molecule has 0 aromatic heterocycles. The van der Waals surface area contributed by atoms with E-state index in [0.717, 1.165) is 12.8 Å². The van der Waals surface area contributed by atoms with Crippen LogP contribution in [0.2, 0.25) is 0 Å². The van der Waals surface area contributed by atoms with Crippen molar-refractivity contribution in [3.8, 4) is 12.3 Å². The number of hydrogen-bond acceptors (Lipinski definition) is 2. The summed E-state index contributed by atoms with van der Waals surface area (Å²) in [6.07, 6.45) is 7.12. The van der Waals surface area contributed by atoms with Gasteiger partial charge in [-0.2, -0.15) is 0 Å². The molecule has 3 unspecified atom stereocenters. The van der Waals surface area contributed by atoms with Crippen LogP contribution >= 0.6 is 0 Å². The molecule has 4 nitrogen and oxygen atoms in total. The Bertz CT molecular complexity index is 411. The summed E-state index contributed by atoms with van der Waals surface area (Å²) in [5, 5.41) is 0. The van der Waals surface area contributed by atoms with Crippen molar-refractivity contribution in [2.45, 2.75) is 51.7 Å². The van der Waals surface area contributed by atoms with Crippen LogP contribution in [0.1, 0.15) is 33.6 Å². The Labute approximate surface area is 108 Å². The third-order valence-electron chi connectivity index (χ3n) is 3.92. The second-order valence-corrected chi connectivity index (χ2v) is 5.47. The number of nitrogens with zero attached hydrogens (tertiary/aromatic N) is 2. The summed E-state index contributed by atoms with van der Waals surface area (Å²) >= 11 is 0. The zero-order chi connectivity index (χ0) is 13.4. The fraction of sp³-hybridized carbons (Fsp3) is 0.714. The largest absolute Gasteiger partial charge is 0.329 e. The van der Waals surface area contributed by atoms with E-state index in [1.165, 1.54) is 0 Å². The number of fused-ring (bicyclic) bond motifs is 1. The maximum absolute atomic E-state index is 12.5. The third-order valence-corrected chi connectivity index (χ3v) is 3.92. The molecule has 2 aliphatic heterocycles. The van der Waals surface area contributed by atoms with E-state index in [1.54, 1.807) is 9.80 Å². The minimum atomic E-state index is -0.405. The Kier molecular flexibility index (Phi) is 3.34. The zero-order valence-electron chi connectivity index (χ0n) is 11.2. The summed E-state index contributed by atoms with van der Waals surface area (Å²) in [7, 11) is 0. The van der Waals surface area contributed by atoms with Gasteiger partial charge in [0.05, 0.1) is 6.04 Å². The quantitative estimate of drug-likeness (QED) is 0.680. The van der Waals surface area contributed by atoms with Crippen molar-refractivity contribution in [3.63, 3.8) is 0 Å². The minimum absolute atomic E-state index is 0.0243. The first-order valence-corrected chi connectivity index (χ1v) is 6.57. The molecule has 2 rings (SSSR count). The predicted octanol–water partition coefficient (Wildman–Crippen LogP) is 0.866. The van der Waals surface area contributed by atoms with Gasteiger partial charge in [-0.3, -0.25) is 9.59 Å². The summed E-state index contributed by atoms with van der Waals surface area (Å²) in [5.41, 5.74) is 0. The molecule has 2 fully saturated rings. The lowest BCUT2D eigenvalue weighted by atomic mass is 9.94. The van der Waals surface area contributed by atoms with Crippen molar-refractivity contribution in [3.05, 3.63) is 0 Å². The van der Waals surface area contributed by atoms with Crippen LogP contribution in [0.3, 0.4) is 0 Å². The normalized spacial score (nSPS) is 29.5. The van der Waals surface area contributed by atoms with Crippen LogP contribution in [0.4, 0.5) is 0 Å². The van der Waals surface area contributed by atoms with Crippen LogP contribution in [-0.2, 0) is 9.59 Å². The molecule has 98 valence electrons. The number of carbonyl (C=O) groups is 2. The summed E-state index contributed by atoms with van der Waals surface area (Å²) in [6.45, 7) is 6.44. The van der Waals surface area contributed by atoms with Crippen LogP contribution < -0.4 is 0 Å². The highest BCUT2D eigenvalue weighted by atomic mass is 16.2. The van der Waals surface area contributed by atoms with Crippen molar-refractivity contribution < 1.29 is 9.59 Å². The zero-order valence-corrected chi connectivity index (χ0v) is 11.2. The standard InChI is InChI=1S/C14H20N2O2/c1-5-10(4)16-12(9(2)3)14(18)15-8-6-7-11(15)13(16)17/h1,9-12H,6-8H2,2-4H3. The molecule has 4 heteroatoms. The van der Waals surface area contributed by atoms with Gasteiger partial charge in [0.1, 0.15) is 12.1 Å². The SMILES string of the molecule is C#CC(C)N1C(=O)C2CCCN2C(=O)C1C(C)C. The highest BCUT2D eigenvalue weighted by Crippen LogP contribution is 2.30. The molecule has 2 saturated heterocycles. The third kappa shape index (κ3) is 1.78. The van der Waals surface area contributed by atoms with Crippen LogP contribution in [-0.4, -0.2) is 46.3 Å². The molecule has 0 radical (unpaired) electrons. The average molecular weight is 248 g/mol. The lowest BCUT2D eigenvalue weighted by Crippen LogP contribution is -2.66. The monoisotopic (exact) mass is 248 g/mol. The summed E-state index contributed by atoms with van der Waals surface area (Å²) in [6, 6.07) is -1.00. The average Bonchev–Trinajstić information content (AvgIpc) is 2.81. The van der Waals surface area contributed by atoms with Crippen molar-refractivity contribution in [2.75, 3.05) is 6.54 Å². The fourth-order valence-electron chi connectivity index (χ4n) is 3.00. The summed E-state index contributed by atoms with van der Waals surface area (Å²) in [4.78, 5) is 28.4. The molecule has 0 saturated carbocycles. The second kappa shape index (κ2) is 4.64. The maximum atomic E-state index is 12.5. The van der Waals surface area contributed by atoms with Crippen LogP contribution in [0, 0.1) is 18.3 Å². The van der Waals surface area contributed by atoms with E-state index < -0.39 is 6.04 Å². The number of piperazine rings is 1. The lowest BCUT2D eigenvalue weighted by molar-refractivity contribution is -0.162. The molecule has 18 heavy (non-hydrogen) atoms. The number of terminal acetylenes is 1. The van der Waals surface area contributed by atoms with Crippen molar-refractivity contribution in [2.24, 2.45) is 5.92 Å². The van der Waals surface area contributed by atoms with Crippen molar-refractivity contribution in [1.82, 2.24) is 9.80 Å². The molecule has 0 N–H and O–H groups in total. The Morgan fingerprint density at radius 3 is 2.50 bits per heavy atom. The van der Waals surface area contributed by atoms with Gasteiger partial charge >= 0.3 is 0 Å². The Morgan fingerprint density at radius 2 is 1.94 bits per heavy atom. The Balaban J connectivity index is 2.38. The van der Waals surface area contributed by atoms with E-state index >= 15 is 0 Å². The molecule has 3 atom stereocenters. The first-order valence-electron chi connectivity index (χ1n) is 6.57. The molecular formula is C14H20N2O2. The van der Waals surface area contributed by atoms with Gasteiger partial charge in [0, 0.05) is 6.54 Å². The van der Waals surface area contributed by atoms with Crippen molar-refractivity contribution in [1.29, 1.82) is 0 Å². The smallest absolute Gasteiger partial charge is 0.247 e. The minimum Gasteiger partial charge on any atom is -0.329 e. The molecule has 2 amide bonds. The molecule has 0 aromatic carbocycles. The summed E-state index contributed by atoms with van der Waals surface area (Å²) in [5.74, 6) is 2.76. The highest BCUT2D eigenvalue weighted by molar-refractivity contribution is 5.98. The van der Waals surface area contributed by atoms with E-state index in [1.807, 2.05) is 20.8 Å². The molecule has 2 aliphatic rings. The molecular weight excluding hydrogens is 228 g/mol. The topological polar surface area (TPSA) is 40.6 Å². The van der Waals surface area contributed by atoms with Gasteiger partial charge in [0.2, 0.25) is 11.8 Å². The fourth-order valence-corrected chi connectivity index (χ4v) is 3.00.